The maximum absolute atomic E-state index is 14.5. The van der Waals surface area contributed by atoms with Gasteiger partial charge < -0.3 is 20.5 Å². The number of imidazole rings is 1. The van der Waals surface area contributed by atoms with Crippen molar-refractivity contribution in [3.8, 4) is 17.1 Å². The largest absolute Gasteiger partial charge is 0.495 e. The van der Waals surface area contributed by atoms with Gasteiger partial charge in [-0.15, -0.1) is 0 Å². The molecule has 3 aromatic heterocycles. The summed E-state index contributed by atoms with van der Waals surface area (Å²) >= 11 is 0. The molecule has 0 saturated carbocycles. The van der Waals surface area contributed by atoms with Crippen molar-refractivity contribution in [2.24, 2.45) is 0 Å². The molecule has 4 rings (SSSR count). The smallest absolute Gasteiger partial charge is 0.223 e. The van der Waals surface area contributed by atoms with E-state index >= 15 is 0 Å². The van der Waals surface area contributed by atoms with Crippen LogP contribution in [0.15, 0.2) is 18.5 Å². The summed E-state index contributed by atoms with van der Waals surface area (Å²) < 4.78 is 35.1. The summed E-state index contributed by atoms with van der Waals surface area (Å²) in [4.78, 5) is 12.4. The lowest BCUT2D eigenvalue weighted by molar-refractivity contribution is 0.0694. The fourth-order valence-corrected chi connectivity index (χ4v) is 3.21. The average Bonchev–Trinajstić information content (AvgIpc) is 3.27. The van der Waals surface area contributed by atoms with Crippen molar-refractivity contribution in [3.63, 3.8) is 0 Å². The van der Waals surface area contributed by atoms with Crippen LogP contribution in [0.2, 0.25) is 0 Å². The molecule has 0 spiro atoms. The lowest BCUT2D eigenvalue weighted by Crippen LogP contribution is -2.30. The molecule has 4 heterocycles. The van der Waals surface area contributed by atoms with Gasteiger partial charge >= 0.3 is 0 Å². The number of nitrogens with one attached hydrogen (secondary N) is 2. The van der Waals surface area contributed by atoms with Gasteiger partial charge in [0.05, 0.1) is 25.5 Å². The fraction of sp³-hybridized carbons (Fsp3) is 0.444. The van der Waals surface area contributed by atoms with E-state index in [1.807, 2.05) is 0 Å². The van der Waals surface area contributed by atoms with E-state index in [2.05, 4.69) is 30.7 Å². The Labute approximate surface area is 165 Å². The van der Waals surface area contributed by atoms with Crippen LogP contribution in [0.1, 0.15) is 19.5 Å². The number of fused-ring (bicyclic) bond motifs is 1. The molecule has 0 unspecified atom stereocenters. The third kappa shape index (κ3) is 3.58. The first kappa shape index (κ1) is 19.4. The first-order valence-electron chi connectivity index (χ1n) is 9.08. The molecule has 2 atom stereocenters. The third-order valence-electron chi connectivity index (χ3n) is 4.70. The summed E-state index contributed by atoms with van der Waals surface area (Å²) in [5.41, 5.74) is -0.435. The van der Waals surface area contributed by atoms with E-state index in [1.165, 1.54) is 17.8 Å². The standard InChI is InChI=1S/C18H21F2N7O2/c1-18(2,28)16-13(29-3)4-14-22-8-12(27(14)26-16)15-10(20)6-23-17(25-15)24-11-7-21-5-9(11)19/h4,6,8-9,11,21,28H,5,7H2,1-3H3,(H,23,24,25)/t9-,11-/m0/s1. The summed E-state index contributed by atoms with van der Waals surface area (Å²) in [6.07, 6.45) is 1.34. The number of aliphatic hydroxyl groups is 1. The number of hydrogen-bond acceptors (Lipinski definition) is 8. The molecule has 9 nitrogen and oxygen atoms in total. The van der Waals surface area contributed by atoms with Crippen LogP contribution in [-0.4, -0.2) is 62.1 Å². The molecular weight excluding hydrogens is 384 g/mol. The first-order chi connectivity index (χ1) is 13.8. The molecule has 0 aromatic carbocycles. The van der Waals surface area contributed by atoms with Crippen molar-refractivity contribution < 1.29 is 18.6 Å². The number of ether oxygens (including phenoxy) is 1. The van der Waals surface area contributed by atoms with Gasteiger partial charge in [0.1, 0.15) is 34.6 Å². The molecule has 0 aliphatic carbocycles. The van der Waals surface area contributed by atoms with Crippen molar-refractivity contribution in [1.82, 2.24) is 29.9 Å². The van der Waals surface area contributed by atoms with E-state index in [4.69, 9.17) is 4.74 Å². The number of aromatic nitrogens is 5. The van der Waals surface area contributed by atoms with Crippen LogP contribution in [0.4, 0.5) is 14.7 Å². The molecule has 0 bridgehead atoms. The predicted octanol–water partition coefficient (Wildman–Crippen LogP) is 1.28. The van der Waals surface area contributed by atoms with Gasteiger partial charge in [0, 0.05) is 19.2 Å². The topological polar surface area (TPSA) is 109 Å². The minimum atomic E-state index is -1.30. The lowest BCUT2D eigenvalue weighted by Gasteiger charge is -2.19. The number of nitrogens with zero attached hydrogens (tertiary/aromatic N) is 5. The number of alkyl halides is 1. The van der Waals surface area contributed by atoms with Gasteiger partial charge in [-0.1, -0.05) is 0 Å². The second-order valence-electron chi connectivity index (χ2n) is 7.35. The van der Waals surface area contributed by atoms with Crippen molar-refractivity contribution in [1.29, 1.82) is 0 Å². The molecule has 154 valence electrons. The van der Waals surface area contributed by atoms with Crippen LogP contribution in [0.3, 0.4) is 0 Å². The molecule has 0 radical (unpaired) electrons. The van der Waals surface area contributed by atoms with Crippen LogP contribution in [0.25, 0.3) is 17.0 Å². The zero-order valence-corrected chi connectivity index (χ0v) is 16.1. The number of methoxy groups -OCH3 is 1. The van der Waals surface area contributed by atoms with Crippen LogP contribution in [0.5, 0.6) is 5.75 Å². The Bertz CT molecular complexity index is 1050. The van der Waals surface area contributed by atoms with Crippen molar-refractivity contribution >= 4 is 11.6 Å². The Morgan fingerprint density at radius 3 is 2.76 bits per heavy atom. The summed E-state index contributed by atoms with van der Waals surface area (Å²) in [7, 11) is 1.46. The maximum atomic E-state index is 14.5. The fourth-order valence-electron chi connectivity index (χ4n) is 3.21. The molecule has 1 aliphatic rings. The van der Waals surface area contributed by atoms with E-state index in [0.717, 1.165) is 6.20 Å². The van der Waals surface area contributed by atoms with E-state index < -0.39 is 23.6 Å². The highest BCUT2D eigenvalue weighted by Crippen LogP contribution is 2.30. The zero-order chi connectivity index (χ0) is 20.8. The van der Waals surface area contributed by atoms with E-state index in [1.54, 1.807) is 19.9 Å². The zero-order valence-electron chi connectivity index (χ0n) is 16.1. The second-order valence-corrected chi connectivity index (χ2v) is 7.35. The number of anilines is 1. The molecular formula is C18H21F2N7O2. The Morgan fingerprint density at radius 1 is 1.31 bits per heavy atom. The first-order valence-corrected chi connectivity index (χ1v) is 9.08. The minimum Gasteiger partial charge on any atom is -0.495 e. The van der Waals surface area contributed by atoms with Crippen molar-refractivity contribution in [2.45, 2.75) is 31.7 Å². The molecule has 1 fully saturated rings. The minimum absolute atomic E-state index is 0.0456. The Kier molecular flexibility index (Phi) is 4.79. The Balaban J connectivity index is 1.79. The molecule has 11 heteroatoms. The summed E-state index contributed by atoms with van der Waals surface area (Å²) in [5.74, 6) is -0.222. The molecule has 0 amide bonds. The van der Waals surface area contributed by atoms with Gasteiger partial charge in [-0.2, -0.15) is 5.10 Å². The van der Waals surface area contributed by atoms with Gasteiger partial charge in [0.25, 0.3) is 0 Å². The predicted molar refractivity (Wildman–Crippen MR) is 101 cm³/mol. The van der Waals surface area contributed by atoms with Gasteiger partial charge in [-0.3, -0.25) is 0 Å². The van der Waals surface area contributed by atoms with Crippen LogP contribution >= 0.6 is 0 Å². The van der Waals surface area contributed by atoms with Crippen LogP contribution < -0.4 is 15.4 Å². The van der Waals surface area contributed by atoms with Crippen LogP contribution in [-0.2, 0) is 5.60 Å². The summed E-state index contributed by atoms with van der Waals surface area (Å²) in [6.45, 7) is 3.79. The lowest BCUT2D eigenvalue weighted by atomic mass is 10.0. The van der Waals surface area contributed by atoms with Crippen molar-refractivity contribution in [3.05, 3.63) is 30.0 Å². The second kappa shape index (κ2) is 7.16. The normalized spacial score (nSPS) is 19.7. The Hall–Kier alpha value is -2.92. The van der Waals surface area contributed by atoms with E-state index in [9.17, 15) is 13.9 Å². The van der Waals surface area contributed by atoms with Crippen molar-refractivity contribution in [2.75, 3.05) is 25.5 Å². The van der Waals surface area contributed by atoms with Gasteiger partial charge in [-0.05, 0) is 13.8 Å². The summed E-state index contributed by atoms with van der Waals surface area (Å²) in [5, 5.41) is 20.6. The number of halogens is 2. The number of rotatable bonds is 5. The molecule has 1 aliphatic heterocycles. The third-order valence-corrected chi connectivity index (χ3v) is 4.70. The molecule has 3 aromatic rings. The maximum Gasteiger partial charge on any atom is 0.223 e. The molecule has 3 N–H and O–H groups in total. The van der Waals surface area contributed by atoms with Gasteiger partial charge in [-0.25, -0.2) is 28.2 Å². The number of hydrogen-bond donors (Lipinski definition) is 3. The quantitative estimate of drug-likeness (QED) is 0.583. The SMILES string of the molecule is COc1cc2ncc(-c3nc(N[C@H]4CNC[C@@H]4F)ncc3F)n2nc1C(C)(C)O. The van der Waals surface area contributed by atoms with Gasteiger partial charge in [0.15, 0.2) is 11.5 Å². The highest BCUT2D eigenvalue weighted by atomic mass is 19.1. The highest BCUT2D eigenvalue weighted by molar-refractivity contribution is 5.62. The highest BCUT2D eigenvalue weighted by Gasteiger charge is 2.28. The molecule has 1 saturated heterocycles. The monoisotopic (exact) mass is 405 g/mol. The molecule has 29 heavy (non-hydrogen) atoms. The average molecular weight is 405 g/mol. The summed E-state index contributed by atoms with van der Waals surface area (Å²) in [6, 6.07) is 1.10. The Morgan fingerprint density at radius 2 is 2.10 bits per heavy atom. The van der Waals surface area contributed by atoms with E-state index in [0.29, 0.717) is 17.9 Å². The van der Waals surface area contributed by atoms with Crippen LogP contribution in [0, 0.1) is 5.82 Å². The van der Waals surface area contributed by atoms with E-state index in [-0.39, 0.29) is 29.6 Å². The van der Waals surface area contributed by atoms with Gasteiger partial charge in [0.2, 0.25) is 5.95 Å².